The van der Waals surface area contributed by atoms with Crippen molar-refractivity contribution >= 4 is 5.91 Å². The van der Waals surface area contributed by atoms with Gasteiger partial charge in [0.05, 0.1) is 12.1 Å². The molecular weight excluding hydrogens is 373 g/mol. The van der Waals surface area contributed by atoms with Crippen molar-refractivity contribution in [3.8, 4) is 5.75 Å². The number of ether oxygens (including phenoxy) is 1. The van der Waals surface area contributed by atoms with Crippen molar-refractivity contribution in [3.63, 3.8) is 0 Å². The number of carbonyl (C=O) groups excluding carboxylic acids is 1. The molecular formula is C22H22FN3O3. The average molecular weight is 395 g/mol. The smallest absolute Gasteiger partial charge is 0.258 e. The zero-order valence-corrected chi connectivity index (χ0v) is 15.9. The topological polar surface area (TPSA) is 81.6 Å². The van der Waals surface area contributed by atoms with Gasteiger partial charge in [0.2, 0.25) is 0 Å². The maximum atomic E-state index is 13.8. The Morgan fingerprint density at radius 1 is 1.24 bits per heavy atom. The highest BCUT2D eigenvalue weighted by Crippen LogP contribution is 2.26. The Balaban J connectivity index is 1.51. The minimum atomic E-state index is -0.488. The average Bonchev–Trinajstić information content (AvgIpc) is 3.14. The Labute approximate surface area is 168 Å². The molecule has 0 fully saturated rings. The first-order valence-electron chi connectivity index (χ1n) is 9.57. The molecule has 4 rings (SSSR count). The van der Waals surface area contributed by atoms with Gasteiger partial charge in [0.25, 0.3) is 5.91 Å². The minimum Gasteiger partial charge on any atom is -0.491 e. The number of rotatable bonds is 6. The highest BCUT2D eigenvalue weighted by molar-refractivity contribution is 5.97. The van der Waals surface area contributed by atoms with Gasteiger partial charge in [-0.2, -0.15) is 0 Å². The molecule has 1 aromatic heterocycles. The molecule has 1 aliphatic heterocycles. The molecule has 0 aliphatic carbocycles. The number of fused-ring (bicyclic) bond motifs is 1. The van der Waals surface area contributed by atoms with Crippen LogP contribution in [0, 0.1) is 5.82 Å². The molecule has 0 radical (unpaired) electrons. The van der Waals surface area contributed by atoms with Crippen molar-refractivity contribution in [2.45, 2.75) is 19.4 Å². The van der Waals surface area contributed by atoms with E-state index in [1.165, 1.54) is 18.2 Å². The normalized spacial score (nSPS) is 13.2. The van der Waals surface area contributed by atoms with Crippen molar-refractivity contribution in [2.75, 3.05) is 19.7 Å². The molecule has 2 aromatic carbocycles. The summed E-state index contributed by atoms with van der Waals surface area (Å²) in [4.78, 5) is 19.3. The van der Waals surface area contributed by atoms with Crippen LogP contribution in [0.4, 0.5) is 4.39 Å². The lowest BCUT2D eigenvalue weighted by Crippen LogP contribution is -2.36. The molecule has 0 unspecified atom stereocenters. The number of aromatic nitrogens is 1. The number of hydrogen-bond donors (Lipinski definition) is 1. The van der Waals surface area contributed by atoms with E-state index in [1.54, 1.807) is 4.90 Å². The van der Waals surface area contributed by atoms with Gasteiger partial charge in [-0.3, -0.25) is 4.79 Å². The van der Waals surface area contributed by atoms with Crippen LogP contribution in [0.2, 0.25) is 0 Å². The van der Waals surface area contributed by atoms with Gasteiger partial charge < -0.3 is 19.8 Å². The zero-order chi connectivity index (χ0) is 20.2. The van der Waals surface area contributed by atoms with Crippen LogP contribution in [-0.2, 0) is 19.4 Å². The van der Waals surface area contributed by atoms with Crippen LogP contribution in [-0.4, -0.2) is 35.5 Å². The van der Waals surface area contributed by atoms with Crippen LogP contribution in [0.3, 0.4) is 0 Å². The van der Waals surface area contributed by atoms with Crippen molar-refractivity contribution in [3.05, 3.63) is 82.8 Å². The quantitative estimate of drug-likeness (QED) is 0.694. The number of carbonyl (C=O) groups is 1. The number of hydrogen-bond acceptors (Lipinski definition) is 5. The van der Waals surface area contributed by atoms with Crippen LogP contribution >= 0.6 is 0 Å². The Morgan fingerprint density at radius 3 is 2.86 bits per heavy atom. The van der Waals surface area contributed by atoms with Gasteiger partial charge in [0.1, 0.15) is 29.6 Å². The summed E-state index contributed by atoms with van der Waals surface area (Å²) in [5.74, 6) is 0.983. The van der Waals surface area contributed by atoms with Gasteiger partial charge in [-0.1, -0.05) is 30.3 Å². The first-order chi connectivity index (χ1) is 14.1. The number of benzene rings is 2. The van der Waals surface area contributed by atoms with E-state index in [0.717, 1.165) is 17.0 Å². The van der Waals surface area contributed by atoms with Crippen LogP contribution < -0.4 is 10.5 Å². The predicted molar refractivity (Wildman–Crippen MR) is 105 cm³/mol. The summed E-state index contributed by atoms with van der Waals surface area (Å²) in [6.45, 7) is 1.35. The zero-order valence-electron chi connectivity index (χ0n) is 15.9. The molecule has 29 heavy (non-hydrogen) atoms. The van der Waals surface area contributed by atoms with Crippen LogP contribution in [0.1, 0.15) is 33.3 Å². The molecule has 0 atom stereocenters. The van der Waals surface area contributed by atoms with E-state index in [-0.39, 0.29) is 18.1 Å². The summed E-state index contributed by atoms with van der Waals surface area (Å²) >= 11 is 0. The van der Waals surface area contributed by atoms with E-state index in [2.05, 4.69) is 4.98 Å². The lowest BCUT2D eigenvalue weighted by molar-refractivity contribution is 0.0723. The Hall–Kier alpha value is -3.19. The van der Waals surface area contributed by atoms with Crippen molar-refractivity contribution in [1.82, 2.24) is 9.88 Å². The molecule has 3 aromatic rings. The van der Waals surface area contributed by atoms with Gasteiger partial charge in [0.15, 0.2) is 5.89 Å². The van der Waals surface area contributed by atoms with Crippen molar-refractivity contribution in [1.29, 1.82) is 0 Å². The van der Waals surface area contributed by atoms with Gasteiger partial charge in [0, 0.05) is 25.9 Å². The lowest BCUT2D eigenvalue weighted by atomic mass is 10.1. The maximum absolute atomic E-state index is 13.8. The first-order valence-corrected chi connectivity index (χ1v) is 9.57. The fourth-order valence-electron chi connectivity index (χ4n) is 3.41. The fraction of sp³-hybridized carbons (Fsp3) is 0.273. The van der Waals surface area contributed by atoms with E-state index in [1.807, 2.05) is 30.3 Å². The molecule has 1 aliphatic rings. The molecule has 0 spiro atoms. The fourth-order valence-corrected chi connectivity index (χ4v) is 3.41. The van der Waals surface area contributed by atoms with Gasteiger partial charge in [-0.25, -0.2) is 9.37 Å². The molecule has 2 heterocycles. The van der Waals surface area contributed by atoms with Gasteiger partial charge in [-0.15, -0.1) is 0 Å². The third-order valence-corrected chi connectivity index (χ3v) is 4.80. The summed E-state index contributed by atoms with van der Waals surface area (Å²) in [6.07, 6.45) is 1.17. The number of nitrogens with zero attached hydrogens (tertiary/aromatic N) is 2. The second-order valence-corrected chi connectivity index (χ2v) is 6.89. The number of amides is 1. The summed E-state index contributed by atoms with van der Waals surface area (Å²) in [5.41, 5.74) is 7.52. The number of oxazole rings is 1. The highest BCUT2D eigenvalue weighted by Gasteiger charge is 2.28. The number of nitrogens with two attached hydrogens (primary N) is 1. The predicted octanol–water partition coefficient (Wildman–Crippen LogP) is 2.94. The molecule has 7 heteroatoms. The highest BCUT2D eigenvalue weighted by atomic mass is 19.1. The maximum Gasteiger partial charge on any atom is 0.258 e. The van der Waals surface area contributed by atoms with Crippen LogP contribution in [0.25, 0.3) is 0 Å². The molecule has 1 amide bonds. The van der Waals surface area contributed by atoms with E-state index in [0.29, 0.717) is 44.1 Å². The van der Waals surface area contributed by atoms with Crippen molar-refractivity contribution in [2.24, 2.45) is 5.73 Å². The molecule has 150 valence electrons. The van der Waals surface area contributed by atoms with E-state index in [9.17, 15) is 9.18 Å². The second-order valence-electron chi connectivity index (χ2n) is 6.89. The van der Waals surface area contributed by atoms with Gasteiger partial charge >= 0.3 is 0 Å². The first kappa shape index (κ1) is 19.1. The van der Waals surface area contributed by atoms with Crippen LogP contribution in [0.5, 0.6) is 5.75 Å². The molecule has 0 saturated carbocycles. The lowest BCUT2D eigenvalue weighted by Gasteiger charge is -2.26. The van der Waals surface area contributed by atoms with E-state index < -0.39 is 5.82 Å². The summed E-state index contributed by atoms with van der Waals surface area (Å²) < 4.78 is 25.2. The van der Waals surface area contributed by atoms with Gasteiger partial charge in [-0.05, 0) is 23.8 Å². The SMILES string of the molecule is NCCOc1ccc(F)cc1C(=O)N1CCc2oc(Cc3ccccc3)nc2C1. The number of halogens is 1. The summed E-state index contributed by atoms with van der Waals surface area (Å²) in [6, 6.07) is 13.9. The van der Waals surface area contributed by atoms with E-state index in [4.69, 9.17) is 14.9 Å². The Kier molecular flexibility index (Phi) is 5.57. The second kappa shape index (κ2) is 8.45. The summed E-state index contributed by atoms with van der Waals surface area (Å²) in [7, 11) is 0. The molecule has 0 saturated heterocycles. The molecule has 6 nitrogen and oxygen atoms in total. The monoisotopic (exact) mass is 395 g/mol. The Bertz CT molecular complexity index is 1000. The Morgan fingerprint density at radius 2 is 2.07 bits per heavy atom. The summed E-state index contributed by atoms with van der Waals surface area (Å²) in [5, 5.41) is 0. The minimum absolute atomic E-state index is 0.190. The van der Waals surface area contributed by atoms with Crippen LogP contribution in [0.15, 0.2) is 52.9 Å². The van der Waals surface area contributed by atoms with E-state index >= 15 is 0 Å². The third-order valence-electron chi connectivity index (χ3n) is 4.80. The third kappa shape index (κ3) is 4.30. The van der Waals surface area contributed by atoms with Crippen molar-refractivity contribution < 1.29 is 18.3 Å². The molecule has 2 N–H and O–H groups in total. The molecule has 0 bridgehead atoms. The largest absolute Gasteiger partial charge is 0.491 e. The standard InChI is InChI=1S/C22H22FN3O3/c23-16-6-7-19(28-11-9-24)17(13-16)22(27)26-10-8-20-18(14-26)25-21(29-20)12-15-4-2-1-3-5-15/h1-7,13H,8-12,14,24H2.